The molecule has 4 heteroatoms. The van der Waals surface area contributed by atoms with Gasteiger partial charge in [-0.3, -0.25) is 0 Å². The van der Waals surface area contributed by atoms with Crippen molar-refractivity contribution >= 4 is 18.4 Å². The summed E-state index contributed by atoms with van der Waals surface area (Å²) in [5.74, 6) is 1.31. The van der Waals surface area contributed by atoms with Crippen LogP contribution in [0.25, 0.3) is 0 Å². The zero-order valence-corrected chi connectivity index (χ0v) is 14.1. The minimum atomic E-state index is -0.143. The van der Waals surface area contributed by atoms with E-state index in [-0.39, 0.29) is 24.4 Å². The highest BCUT2D eigenvalue weighted by molar-refractivity contribution is 5.85. The van der Waals surface area contributed by atoms with Gasteiger partial charge in [-0.2, -0.15) is 0 Å². The molecule has 0 aromatic heterocycles. The molecule has 1 atom stereocenters. The number of ether oxygens (including phenoxy) is 1. The molecule has 1 aliphatic rings. The van der Waals surface area contributed by atoms with Gasteiger partial charge in [0, 0.05) is 0 Å². The number of esters is 1. The van der Waals surface area contributed by atoms with Gasteiger partial charge in [0.2, 0.25) is 0 Å². The van der Waals surface area contributed by atoms with Gasteiger partial charge < -0.3 is 10.1 Å². The molecular formula is C17H26ClNO2. The normalized spacial score (nSPS) is 17.9. The molecule has 1 saturated heterocycles. The summed E-state index contributed by atoms with van der Waals surface area (Å²) in [4.78, 5) is 12.3. The number of para-hydroxylation sites is 1. The lowest BCUT2D eigenvalue weighted by molar-refractivity contribution is -0.136. The second-order valence-corrected chi connectivity index (χ2v) is 6.15. The third kappa shape index (κ3) is 4.21. The highest BCUT2D eigenvalue weighted by Crippen LogP contribution is 2.34. The van der Waals surface area contributed by atoms with E-state index in [0.717, 1.165) is 36.3 Å². The van der Waals surface area contributed by atoms with E-state index in [1.54, 1.807) is 0 Å². The molecule has 118 valence electrons. The van der Waals surface area contributed by atoms with Gasteiger partial charge in [-0.05, 0) is 42.3 Å². The Morgan fingerprint density at radius 3 is 2.19 bits per heavy atom. The lowest BCUT2D eigenvalue weighted by Gasteiger charge is -2.20. The smallest absolute Gasteiger partial charge is 0.328 e. The minimum absolute atomic E-state index is 0. The second-order valence-electron chi connectivity index (χ2n) is 6.15. The third-order valence-corrected chi connectivity index (χ3v) is 3.87. The van der Waals surface area contributed by atoms with Crippen molar-refractivity contribution in [1.82, 2.24) is 5.32 Å². The van der Waals surface area contributed by atoms with Crippen molar-refractivity contribution in [3.8, 4) is 5.75 Å². The lowest BCUT2D eigenvalue weighted by Crippen LogP contribution is -2.34. The molecule has 21 heavy (non-hydrogen) atoms. The van der Waals surface area contributed by atoms with Crippen LogP contribution in [0.2, 0.25) is 0 Å². The molecule has 0 bridgehead atoms. The molecular weight excluding hydrogens is 286 g/mol. The topological polar surface area (TPSA) is 38.3 Å². The number of carbonyl (C=O) groups is 1. The van der Waals surface area contributed by atoms with E-state index >= 15 is 0 Å². The Morgan fingerprint density at radius 1 is 1.19 bits per heavy atom. The van der Waals surface area contributed by atoms with Crippen LogP contribution in [0.1, 0.15) is 63.5 Å². The molecule has 1 heterocycles. The first-order chi connectivity index (χ1) is 9.50. The number of hydrogen-bond donors (Lipinski definition) is 1. The Kier molecular flexibility index (Phi) is 6.69. The Bertz CT molecular complexity index is 453. The maximum atomic E-state index is 12.3. The molecule has 3 nitrogen and oxygen atoms in total. The van der Waals surface area contributed by atoms with Gasteiger partial charge in [-0.1, -0.05) is 45.9 Å². The molecule has 0 aliphatic carbocycles. The minimum Gasteiger partial charge on any atom is -0.425 e. The molecule has 0 amide bonds. The Morgan fingerprint density at radius 2 is 1.76 bits per heavy atom. The van der Waals surface area contributed by atoms with Gasteiger partial charge in [0.05, 0.1) is 0 Å². The molecule has 1 aromatic carbocycles. The molecule has 2 rings (SSSR count). The van der Waals surface area contributed by atoms with Gasteiger partial charge in [0.15, 0.2) is 0 Å². The van der Waals surface area contributed by atoms with Gasteiger partial charge in [-0.25, -0.2) is 4.79 Å². The first-order valence-corrected chi connectivity index (χ1v) is 7.58. The van der Waals surface area contributed by atoms with Crippen LogP contribution >= 0.6 is 12.4 Å². The van der Waals surface area contributed by atoms with Crippen LogP contribution in [0.5, 0.6) is 5.75 Å². The van der Waals surface area contributed by atoms with Crippen molar-refractivity contribution in [2.24, 2.45) is 0 Å². The first-order valence-electron chi connectivity index (χ1n) is 7.58. The number of carbonyl (C=O) groups excluding carboxylic acids is 1. The van der Waals surface area contributed by atoms with E-state index in [1.807, 2.05) is 0 Å². The van der Waals surface area contributed by atoms with Gasteiger partial charge >= 0.3 is 5.97 Å². The predicted octanol–water partition coefficient (Wildman–Crippen LogP) is 4.01. The zero-order chi connectivity index (χ0) is 14.7. The fourth-order valence-electron chi connectivity index (χ4n) is 2.66. The van der Waals surface area contributed by atoms with E-state index in [9.17, 15) is 4.79 Å². The van der Waals surface area contributed by atoms with Crippen LogP contribution in [-0.2, 0) is 4.79 Å². The Balaban J connectivity index is 0.00000220. The van der Waals surface area contributed by atoms with Gasteiger partial charge in [0.25, 0.3) is 0 Å². The fourth-order valence-corrected chi connectivity index (χ4v) is 2.66. The highest BCUT2D eigenvalue weighted by Gasteiger charge is 2.26. The molecule has 0 radical (unpaired) electrons. The number of hydrogen-bond acceptors (Lipinski definition) is 3. The number of halogens is 1. The summed E-state index contributed by atoms with van der Waals surface area (Å²) < 4.78 is 5.78. The average molecular weight is 312 g/mol. The van der Waals surface area contributed by atoms with E-state index < -0.39 is 0 Å². The van der Waals surface area contributed by atoms with Crippen molar-refractivity contribution < 1.29 is 9.53 Å². The first kappa shape index (κ1) is 18.0. The largest absolute Gasteiger partial charge is 0.425 e. The number of nitrogens with one attached hydrogen (secondary N) is 1. The van der Waals surface area contributed by atoms with Crippen molar-refractivity contribution in [1.29, 1.82) is 0 Å². The van der Waals surface area contributed by atoms with Gasteiger partial charge in [-0.15, -0.1) is 12.4 Å². The summed E-state index contributed by atoms with van der Waals surface area (Å²) in [7, 11) is 0. The van der Waals surface area contributed by atoms with Crippen LogP contribution in [-0.4, -0.2) is 18.6 Å². The molecule has 1 unspecified atom stereocenters. The highest BCUT2D eigenvalue weighted by atomic mass is 35.5. The summed E-state index contributed by atoms with van der Waals surface area (Å²) in [5.41, 5.74) is 2.23. The van der Waals surface area contributed by atoms with Crippen molar-refractivity contribution in [3.63, 3.8) is 0 Å². The molecule has 1 fully saturated rings. The van der Waals surface area contributed by atoms with Crippen LogP contribution < -0.4 is 10.1 Å². The van der Waals surface area contributed by atoms with E-state index in [4.69, 9.17) is 4.74 Å². The van der Waals surface area contributed by atoms with Crippen molar-refractivity contribution in [2.75, 3.05) is 6.54 Å². The maximum Gasteiger partial charge on any atom is 0.328 e. The van der Waals surface area contributed by atoms with Crippen LogP contribution in [0.3, 0.4) is 0 Å². The summed E-state index contributed by atoms with van der Waals surface area (Å²) in [6.07, 6.45) is 1.92. The van der Waals surface area contributed by atoms with Crippen LogP contribution in [0, 0.1) is 0 Å². The SMILES string of the molecule is CC(C)c1cccc(C(C)C)c1OC(=O)C1CCCN1.Cl. The molecule has 0 saturated carbocycles. The maximum absolute atomic E-state index is 12.3. The Labute approximate surface area is 133 Å². The number of rotatable bonds is 4. The van der Waals surface area contributed by atoms with E-state index in [0.29, 0.717) is 11.8 Å². The monoisotopic (exact) mass is 311 g/mol. The van der Waals surface area contributed by atoms with Gasteiger partial charge in [0.1, 0.15) is 11.8 Å². The fraction of sp³-hybridized carbons (Fsp3) is 0.588. The van der Waals surface area contributed by atoms with Crippen LogP contribution in [0.15, 0.2) is 18.2 Å². The lowest BCUT2D eigenvalue weighted by atomic mass is 9.94. The summed E-state index contributed by atoms with van der Waals surface area (Å²) in [5, 5.41) is 3.20. The number of benzene rings is 1. The summed E-state index contributed by atoms with van der Waals surface area (Å²) in [6, 6.07) is 6.02. The quantitative estimate of drug-likeness (QED) is 0.674. The molecule has 1 aromatic rings. The van der Waals surface area contributed by atoms with E-state index in [1.165, 1.54) is 0 Å². The third-order valence-electron chi connectivity index (χ3n) is 3.87. The second kappa shape index (κ2) is 7.81. The van der Waals surface area contributed by atoms with Crippen molar-refractivity contribution in [3.05, 3.63) is 29.3 Å². The summed E-state index contributed by atoms with van der Waals surface area (Å²) in [6.45, 7) is 9.42. The average Bonchev–Trinajstić information content (AvgIpc) is 2.92. The zero-order valence-electron chi connectivity index (χ0n) is 13.3. The summed E-state index contributed by atoms with van der Waals surface area (Å²) >= 11 is 0. The van der Waals surface area contributed by atoms with E-state index in [2.05, 4.69) is 51.2 Å². The standard InChI is InChI=1S/C17H25NO2.ClH/c1-11(2)13-7-5-8-14(12(3)4)16(13)20-17(19)15-9-6-10-18-15;/h5,7-8,11-12,15,18H,6,9-10H2,1-4H3;1H. The molecule has 0 spiro atoms. The predicted molar refractivity (Wildman–Crippen MR) is 88.5 cm³/mol. The Hall–Kier alpha value is -1.06. The molecule has 1 N–H and O–H groups in total. The van der Waals surface area contributed by atoms with Crippen LogP contribution in [0.4, 0.5) is 0 Å². The van der Waals surface area contributed by atoms with Crippen molar-refractivity contribution in [2.45, 2.75) is 58.4 Å². The molecule has 1 aliphatic heterocycles.